The molecule has 0 saturated carbocycles. The zero-order valence-electron chi connectivity index (χ0n) is 12.4. The van der Waals surface area contributed by atoms with E-state index in [2.05, 4.69) is 25.2 Å². The largest absolute Gasteiger partial charge is 0.464 e. The Kier molecular flexibility index (Phi) is 4.59. The van der Waals surface area contributed by atoms with Gasteiger partial charge < -0.3 is 20.1 Å². The lowest BCUT2D eigenvalue weighted by molar-refractivity contribution is 0.0348. The summed E-state index contributed by atoms with van der Waals surface area (Å²) in [6, 6.07) is 0.339. The van der Waals surface area contributed by atoms with Crippen LogP contribution in [-0.2, 0) is 0 Å². The monoisotopic (exact) mass is 281 g/mol. The highest BCUT2D eigenvalue weighted by molar-refractivity contribution is 5.39. The summed E-state index contributed by atoms with van der Waals surface area (Å²) in [4.78, 5) is 15.0. The zero-order chi connectivity index (χ0) is 14.6. The van der Waals surface area contributed by atoms with Crippen LogP contribution in [0.15, 0.2) is 0 Å². The summed E-state index contributed by atoms with van der Waals surface area (Å²) in [5.41, 5.74) is -0.587. The molecule has 1 saturated heterocycles. The number of piperidine rings is 1. The number of nitrogens with one attached hydrogen (secondary N) is 1. The Labute approximate surface area is 119 Å². The number of hydrogen-bond donors (Lipinski definition) is 2. The van der Waals surface area contributed by atoms with Crippen LogP contribution < -0.4 is 15.0 Å². The third kappa shape index (κ3) is 3.69. The molecule has 1 aliphatic heterocycles. The number of anilines is 2. The van der Waals surface area contributed by atoms with Gasteiger partial charge in [-0.3, -0.25) is 0 Å². The van der Waals surface area contributed by atoms with Gasteiger partial charge in [0, 0.05) is 19.6 Å². The van der Waals surface area contributed by atoms with Crippen LogP contribution in [0, 0.1) is 0 Å². The standard InChI is InChI=1S/C13H23N5O2/c1-4-14-10-15-11(17-12(16-10)20-5-2)18-8-6-13(3,19)7-9-18/h19H,4-9H2,1-3H3,(H,14,15,16,17). The van der Waals surface area contributed by atoms with Crippen molar-refractivity contribution in [1.82, 2.24) is 15.0 Å². The Morgan fingerprint density at radius 1 is 1.25 bits per heavy atom. The molecule has 0 aromatic carbocycles. The van der Waals surface area contributed by atoms with Crippen LogP contribution in [0.25, 0.3) is 0 Å². The van der Waals surface area contributed by atoms with Crippen molar-refractivity contribution in [2.45, 2.75) is 39.2 Å². The summed E-state index contributed by atoms with van der Waals surface area (Å²) in [7, 11) is 0. The van der Waals surface area contributed by atoms with Crippen molar-refractivity contribution in [2.24, 2.45) is 0 Å². The third-order valence-corrected chi connectivity index (χ3v) is 3.33. The van der Waals surface area contributed by atoms with Crippen molar-refractivity contribution < 1.29 is 9.84 Å². The van der Waals surface area contributed by atoms with Crippen molar-refractivity contribution in [1.29, 1.82) is 0 Å². The molecule has 0 unspecified atom stereocenters. The average Bonchev–Trinajstić information content (AvgIpc) is 2.39. The Balaban J connectivity index is 2.17. The smallest absolute Gasteiger partial charge is 0.323 e. The fourth-order valence-electron chi connectivity index (χ4n) is 2.11. The number of aromatic nitrogens is 3. The maximum Gasteiger partial charge on any atom is 0.323 e. The Morgan fingerprint density at radius 3 is 2.55 bits per heavy atom. The van der Waals surface area contributed by atoms with Crippen molar-refractivity contribution in [3.05, 3.63) is 0 Å². The molecular formula is C13H23N5O2. The molecule has 2 N–H and O–H groups in total. The van der Waals surface area contributed by atoms with Crippen LogP contribution in [0.3, 0.4) is 0 Å². The highest BCUT2D eigenvalue weighted by Crippen LogP contribution is 2.25. The maximum atomic E-state index is 10.00. The van der Waals surface area contributed by atoms with E-state index in [1.807, 2.05) is 20.8 Å². The van der Waals surface area contributed by atoms with E-state index in [4.69, 9.17) is 4.74 Å². The topological polar surface area (TPSA) is 83.4 Å². The minimum Gasteiger partial charge on any atom is -0.464 e. The van der Waals surface area contributed by atoms with Crippen LogP contribution >= 0.6 is 0 Å². The molecule has 20 heavy (non-hydrogen) atoms. The third-order valence-electron chi connectivity index (χ3n) is 3.33. The van der Waals surface area contributed by atoms with Gasteiger partial charge in [0.05, 0.1) is 12.2 Å². The lowest BCUT2D eigenvalue weighted by atomic mass is 9.94. The molecule has 1 aromatic heterocycles. The van der Waals surface area contributed by atoms with Crippen LogP contribution in [0.2, 0.25) is 0 Å². The fraction of sp³-hybridized carbons (Fsp3) is 0.769. The number of nitrogens with zero attached hydrogens (tertiary/aromatic N) is 4. The number of hydrogen-bond acceptors (Lipinski definition) is 7. The second kappa shape index (κ2) is 6.21. The molecule has 7 nitrogen and oxygen atoms in total. The van der Waals surface area contributed by atoms with Crippen LogP contribution in [-0.4, -0.2) is 51.9 Å². The van der Waals surface area contributed by atoms with Gasteiger partial charge in [0.1, 0.15) is 0 Å². The molecule has 2 rings (SSSR count). The van der Waals surface area contributed by atoms with Gasteiger partial charge in [0.2, 0.25) is 11.9 Å². The summed E-state index contributed by atoms with van der Waals surface area (Å²) in [5, 5.41) is 13.1. The van der Waals surface area contributed by atoms with E-state index in [1.54, 1.807) is 0 Å². The van der Waals surface area contributed by atoms with Crippen LogP contribution in [0.4, 0.5) is 11.9 Å². The van der Waals surface area contributed by atoms with Gasteiger partial charge in [0.25, 0.3) is 0 Å². The quantitative estimate of drug-likeness (QED) is 0.834. The molecule has 2 heterocycles. The molecule has 0 radical (unpaired) electrons. The maximum absolute atomic E-state index is 10.00. The number of rotatable bonds is 5. The SMILES string of the molecule is CCNc1nc(OCC)nc(N2CCC(C)(O)CC2)n1. The molecule has 1 fully saturated rings. The van der Waals surface area contributed by atoms with Gasteiger partial charge >= 0.3 is 6.01 Å². The molecule has 1 aliphatic rings. The van der Waals surface area contributed by atoms with Crippen LogP contribution in [0.1, 0.15) is 33.6 Å². The first-order valence-corrected chi connectivity index (χ1v) is 7.14. The normalized spacial score (nSPS) is 17.9. The molecule has 1 aromatic rings. The lowest BCUT2D eigenvalue weighted by Gasteiger charge is -2.35. The average molecular weight is 281 g/mol. The zero-order valence-corrected chi connectivity index (χ0v) is 12.4. The molecule has 0 bridgehead atoms. The summed E-state index contributed by atoms with van der Waals surface area (Å²) in [6.45, 7) is 8.47. The van der Waals surface area contributed by atoms with E-state index >= 15 is 0 Å². The molecular weight excluding hydrogens is 258 g/mol. The van der Waals surface area contributed by atoms with E-state index in [9.17, 15) is 5.11 Å². The Morgan fingerprint density at radius 2 is 1.95 bits per heavy atom. The van der Waals surface area contributed by atoms with E-state index < -0.39 is 5.60 Å². The predicted molar refractivity (Wildman–Crippen MR) is 77.2 cm³/mol. The van der Waals surface area contributed by atoms with Gasteiger partial charge in [-0.25, -0.2) is 0 Å². The molecule has 7 heteroatoms. The second-order valence-corrected chi connectivity index (χ2v) is 5.19. The Hall–Kier alpha value is -1.63. The highest BCUT2D eigenvalue weighted by Gasteiger charge is 2.29. The molecule has 0 spiro atoms. The molecule has 0 aliphatic carbocycles. The lowest BCUT2D eigenvalue weighted by Crippen LogP contribution is -2.43. The summed E-state index contributed by atoms with van der Waals surface area (Å²) in [5.74, 6) is 1.13. The first-order valence-electron chi connectivity index (χ1n) is 7.14. The molecule has 0 atom stereocenters. The van der Waals surface area contributed by atoms with Crippen molar-refractivity contribution in [3.8, 4) is 6.01 Å². The first kappa shape index (κ1) is 14.8. The minimum absolute atomic E-state index is 0.339. The molecule has 112 valence electrons. The van der Waals surface area contributed by atoms with Crippen molar-refractivity contribution in [2.75, 3.05) is 36.5 Å². The fourth-order valence-corrected chi connectivity index (χ4v) is 2.11. The van der Waals surface area contributed by atoms with E-state index in [1.165, 1.54) is 0 Å². The second-order valence-electron chi connectivity index (χ2n) is 5.19. The Bertz CT molecular complexity index is 418. The summed E-state index contributed by atoms with van der Waals surface area (Å²) >= 11 is 0. The molecule has 0 amide bonds. The van der Waals surface area contributed by atoms with Gasteiger partial charge in [0.15, 0.2) is 0 Å². The van der Waals surface area contributed by atoms with Gasteiger partial charge in [-0.15, -0.1) is 0 Å². The van der Waals surface area contributed by atoms with Gasteiger partial charge in [-0.1, -0.05) is 0 Å². The summed E-state index contributed by atoms with van der Waals surface area (Å²) in [6.07, 6.45) is 1.42. The van der Waals surface area contributed by atoms with E-state index in [-0.39, 0.29) is 0 Å². The number of aliphatic hydroxyl groups is 1. The highest BCUT2D eigenvalue weighted by atomic mass is 16.5. The van der Waals surface area contributed by atoms with Gasteiger partial charge in [-0.2, -0.15) is 15.0 Å². The van der Waals surface area contributed by atoms with E-state index in [0.29, 0.717) is 37.4 Å². The van der Waals surface area contributed by atoms with Crippen molar-refractivity contribution in [3.63, 3.8) is 0 Å². The summed E-state index contributed by atoms with van der Waals surface area (Å²) < 4.78 is 5.39. The van der Waals surface area contributed by atoms with Crippen molar-refractivity contribution >= 4 is 11.9 Å². The van der Waals surface area contributed by atoms with Gasteiger partial charge in [-0.05, 0) is 33.6 Å². The van der Waals surface area contributed by atoms with Crippen LogP contribution in [0.5, 0.6) is 6.01 Å². The van der Waals surface area contributed by atoms with E-state index in [0.717, 1.165) is 19.6 Å². The number of ether oxygens (including phenoxy) is 1. The predicted octanol–water partition coefficient (Wildman–Crippen LogP) is 1.05. The first-order chi connectivity index (χ1) is 9.54. The minimum atomic E-state index is -0.587.